The Bertz CT molecular complexity index is 622. The van der Waals surface area contributed by atoms with Gasteiger partial charge in [0.2, 0.25) is 5.76 Å². The molecule has 0 saturated heterocycles. The monoisotopic (exact) mass is 257 g/mol. The molecule has 0 unspecified atom stereocenters. The lowest BCUT2D eigenvalue weighted by atomic mass is 10.1. The Morgan fingerprint density at radius 1 is 1.42 bits per heavy atom. The predicted octanol–water partition coefficient (Wildman–Crippen LogP) is 2.63. The molecule has 1 heterocycles. The van der Waals surface area contributed by atoms with Gasteiger partial charge in [0.15, 0.2) is 0 Å². The number of terminal acetylenes is 1. The third kappa shape index (κ3) is 3.36. The molecule has 0 fully saturated rings. The van der Waals surface area contributed by atoms with Crippen molar-refractivity contribution in [2.24, 2.45) is 0 Å². The number of aromatic carboxylic acids is 1. The van der Waals surface area contributed by atoms with Gasteiger partial charge in [0.1, 0.15) is 5.58 Å². The summed E-state index contributed by atoms with van der Waals surface area (Å²) in [5, 5.41) is 13.0. The van der Waals surface area contributed by atoms with Crippen LogP contribution in [0.2, 0.25) is 0 Å². The van der Waals surface area contributed by atoms with Gasteiger partial charge in [-0.05, 0) is 36.7 Å². The predicted molar refractivity (Wildman–Crippen MR) is 72.9 cm³/mol. The van der Waals surface area contributed by atoms with Gasteiger partial charge >= 0.3 is 5.97 Å². The summed E-state index contributed by atoms with van der Waals surface area (Å²) >= 11 is 0. The first kappa shape index (κ1) is 13.2. The van der Waals surface area contributed by atoms with E-state index >= 15 is 0 Å². The zero-order chi connectivity index (χ0) is 13.7. The summed E-state index contributed by atoms with van der Waals surface area (Å²) in [7, 11) is 0. The number of hydrogen-bond acceptors (Lipinski definition) is 3. The summed E-state index contributed by atoms with van der Waals surface area (Å²) in [6.45, 7) is 1.60. The van der Waals surface area contributed by atoms with E-state index in [-0.39, 0.29) is 5.76 Å². The minimum absolute atomic E-state index is 0.0332. The molecule has 19 heavy (non-hydrogen) atoms. The molecule has 0 radical (unpaired) electrons. The number of carboxylic acids is 1. The average molecular weight is 257 g/mol. The molecular formula is C15H15NO3. The molecule has 0 aliphatic rings. The van der Waals surface area contributed by atoms with E-state index in [1.165, 1.54) is 0 Å². The van der Waals surface area contributed by atoms with Crippen LogP contribution >= 0.6 is 0 Å². The minimum Gasteiger partial charge on any atom is -0.475 e. The Kier molecular flexibility index (Phi) is 4.22. The van der Waals surface area contributed by atoms with Gasteiger partial charge in [0, 0.05) is 18.4 Å². The maximum atomic E-state index is 10.8. The summed E-state index contributed by atoms with van der Waals surface area (Å²) in [5.41, 5.74) is 1.68. The average Bonchev–Trinajstić information content (AvgIpc) is 2.82. The summed E-state index contributed by atoms with van der Waals surface area (Å²) < 4.78 is 5.20. The molecule has 0 saturated carbocycles. The third-order valence-corrected chi connectivity index (χ3v) is 2.80. The molecule has 98 valence electrons. The topological polar surface area (TPSA) is 62.5 Å². The van der Waals surface area contributed by atoms with E-state index < -0.39 is 5.97 Å². The van der Waals surface area contributed by atoms with Gasteiger partial charge in [-0.25, -0.2) is 4.79 Å². The molecule has 1 aromatic heterocycles. The van der Waals surface area contributed by atoms with Crippen molar-refractivity contribution in [1.29, 1.82) is 0 Å². The van der Waals surface area contributed by atoms with Crippen molar-refractivity contribution in [3.63, 3.8) is 0 Å². The molecule has 0 atom stereocenters. The van der Waals surface area contributed by atoms with Gasteiger partial charge in [-0.2, -0.15) is 0 Å². The van der Waals surface area contributed by atoms with Crippen LogP contribution in [-0.2, 0) is 6.54 Å². The van der Waals surface area contributed by atoms with E-state index in [4.69, 9.17) is 15.9 Å². The molecule has 4 nitrogen and oxygen atoms in total. The smallest absolute Gasteiger partial charge is 0.371 e. The van der Waals surface area contributed by atoms with Crippen molar-refractivity contribution in [3.05, 3.63) is 35.6 Å². The maximum absolute atomic E-state index is 10.8. The van der Waals surface area contributed by atoms with Crippen LogP contribution in [0.4, 0.5) is 0 Å². The van der Waals surface area contributed by atoms with Crippen LogP contribution in [0.25, 0.3) is 11.0 Å². The number of rotatable bonds is 6. The van der Waals surface area contributed by atoms with Gasteiger partial charge in [-0.3, -0.25) is 0 Å². The van der Waals surface area contributed by atoms with Gasteiger partial charge in [-0.15, -0.1) is 12.3 Å². The highest BCUT2D eigenvalue weighted by atomic mass is 16.4. The van der Waals surface area contributed by atoms with Crippen LogP contribution in [0, 0.1) is 12.3 Å². The molecule has 2 rings (SSSR count). The minimum atomic E-state index is -1.05. The molecular weight excluding hydrogens is 242 g/mol. The summed E-state index contributed by atoms with van der Waals surface area (Å²) in [6.07, 6.45) is 6.90. The van der Waals surface area contributed by atoms with E-state index in [9.17, 15) is 4.79 Å². The highest BCUT2D eigenvalue weighted by molar-refractivity contribution is 5.91. The van der Waals surface area contributed by atoms with Gasteiger partial charge < -0.3 is 14.8 Å². The van der Waals surface area contributed by atoms with Crippen LogP contribution in [0.3, 0.4) is 0 Å². The molecule has 0 spiro atoms. The van der Waals surface area contributed by atoms with Crippen LogP contribution in [0.5, 0.6) is 0 Å². The number of nitrogens with one attached hydrogen (secondary N) is 1. The van der Waals surface area contributed by atoms with Crippen LogP contribution in [-0.4, -0.2) is 17.6 Å². The van der Waals surface area contributed by atoms with E-state index in [0.717, 1.165) is 36.9 Å². The Morgan fingerprint density at radius 2 is 2.26 bits per heavy atom. The lowest BCUT2D eigenvalue weighted by Gasteiger charge is -2.03. The Hall–Kier alpha value is -2.25. The second-order valence-corrected chi connectivity index (χ2v) is 4.27. The first-order valence-electron chi connectivity index (χ1n) is 6.10. The number of furan rings is 1. The number of carbonyl (C=O) groups is 1. The number of unbranched alkanes of at least 4 members (excludes halogenated alkanes) is 1. The summed E-state index contributed by atoms with van der Waals surface area (Å²) in [5.74, 6) is 1.51. The number of benzene rings is 1. The first-order chi connectivity index (χ1) is 9.20. The number of carboxylic acid groups (broad SMARTS) is 1. The Balaban J connectivity index is 2.01. The van der Waals surface area contributed by atoms with Crippen LogP contribution in [0.15, 0.2) is 28.7 Å². The second-order valence-electron chi connectivity index (χ2n) is 4.27. The zero-order valence-electron chi connectivity index (χ0n) is 10.5. The molecule has 0 bridgehead atoms. The van der Waals surface area contributed by atoms with E-state index in [0.29, 0.717) is 5.58 Å². The van der Waals surface area contributed by atoms with Crippen LogP contribution < -0.4 is 5.32 Å². The fraction of sp³-hybridized carbons (Fsp3) is 0.267. The quantitative estimate of drug-likeness (QED) is 0.617. The molecule has 0 aliphatic carbocycles. The van der Waals surface area contributed by atoms with Gasteiger partial charge in [0.05, 0.1) is 0 Å². The fourth-order valence-corrected chi connectivity index (χ4v) is 1.86. The van der Waals surface area contributed by atoms with Crippen molar-refractivity contribution < 1.29 is 14.3 Å². The standard InChI is InChI=1S/C15H15NO3/c1-2-3-4-7-16-10-11-5-6-13-12(8-11)9-14(19-13)15(17)18/h1,5-6,8-9,16H,3-4,7,10H2,(H,17,18). The van der Waals surface area contributed by atoms with E-state index in [1.807, 2.05) is 12.1 Å². The van der Waals surface area contributed by atoms with Gasteiger partial charge in [-0.1, -0.05) is 6.07 Å². The number of hydrogen-bond donors (Lipinski definition) is 2. The summed E-state index contributed by atoms with van der Waals surface area (Å²) in [4.78, 5) is 10.8. The molecule has 0 aliphatic heterocycles. The van der Waals surface area contributed by atoms with Crippen molar-refractivity contribution >= 4 is 16.9 Å². The molecule has 2 aromatic rings. The van der Waals surface area contributed by atoms with E-state index in [1.54, 1.807) is 12.1 Å². The first-order valence-corrected chi connectivity index (χ1v) is 6.10. The second kappa shape index (κ2) is 6.07. The van der Waals surface area contributed by atoms with Gasteiger partial charge in [0.25, 0.3) is 0 Å². The fourth-order valence-electron chi connectivity index (χ4n) is 1.86. The Labute approximate surface area is 111 Å². The molecule has 4 heteroatoms. The third-order valence-electron chi connectivity index (χ3n) is 2.80. The van der Waals surface area contributed by atoms with Crippen molar-refractivity contribution in [3.8, 4) is 12.3 Å². The largest absolute Gasteiger partial charge is 0.475 e. The SMILES string of the molecule is C#CCCCNCc1ccc2oc(C(=O)O)cc2c1. The zero-order valence-corrected chi connectivity index (χ0v) is 10.5. The van der Waals surface area contributed by atoms with Crippen molar-refractivity contribution in [2.75, 3.05) is 6.54 Å². The lowest BCUT2D eigenvalue weighted by Crippen LogP contribution is -2.14. The van der Waals surface area contributed by atoms with Crippen molar-refractivity contribution in [2.45, 2.75) is 19.4 Å². The summed E-state index contributed by atoms with van der Waals surface area (Å²) in [6, 6.07) is 7.19. The Morgan fingerprint density at radius 3 is 3.00 bits per heavy atom. The number of fused-ring (bicyclic) bond motifs is 1. The highest BCUT2D eigenvalue weighted by Gasteiger charge is 2.10. The van der Waals surface area contributed by atoms with Crippen molar-refractivity contribution in [1.82, 2.24) is 5.32 Å². The molecule has 0 amide bonds. The highest BCUT2D eigenvalue weighted by Crippen LogP contribution is 2.20. The molecule has 2 N–H and O–H groups in total. The van der Waals surface area contributed by atoms with E-state index in [2.05, 4.69) is 11.2 Å². The molecule has 1 aromatic carbocycles. The lowest BCUT2D eigenvalue weighted by molar-refractivity contribution is 0.0665. The normalized spacial score (nSPS) is 10.5. The van der Waals surface area contributed by atoms with Crippen LogP contribution in [0.1, 0.15) is 29.0 Å². The maximum Gasteiger partial charge on any atom is 0.371 e.